The molecule has 0 spiro atoms. The van der Waals surface area contributed by atoms with E-state index in [2.05, 4.69) is 18.7 Å². The summed E-state index contributed by atoms with van der Waals surface area (Å²) in [5.74, 6) is 0.302. The lowest BCUT2D eigenvalue weighted by Crippen LogP contribution is -2.51. The minimum atomic E-state index is -3.07. The van der Waals surface area contributed by atoms with Crippen molar-refractivity contribution in [3.8, 4) is 0 Å². The molecule has 0 radical (unpaired) electrons. The monoisotopic (exact) mass is 318 g/mol. The van der Waals surface area contributed by atoms with Crippen LogP contribution in [0.4, 0.5) is 0 Å². The lowest BCUT2D eigenvalue weighted by molar-refractivity contribution is -0.0707. The summed E-state index contributed by atoms with van der Waals surface area (Å²) in [6.07, 6.45) is 4.14. The third kappa shape index (κ3) is 4.65. The first-order valence-corrected chi connectivity index (χ1v) is 9.90. The Kier molecular flexibility index (Phi) is 6.05. The summed E-state index contributed by atoms with van der Waals surface area (Å²) in [5.41, 5.74) is 0. The normalized spacial score (nSPS) is 32.6. The molecule has 2 aliphatic rings. The van der Waals surface area contributed by atoms with Gasteiger partial charge in [-0.25, -0.2) is 8.42 Å². The van der Waals surface area contributed by atoms with Crippen molar-refractivity contribution in [1.82, 2.24) is 9.21 Å². The summed E-state index contributed by atoms with van der Waals surface area (Å²) < 4.78 is 32.4. The average molecular weight is 318 g/mol. The lowest BCUT2D eigenvalue weighted by atomic mass is 10.1. The first kappa shape index (κ1) is 17.2. The van der Waals surface area contributed by atoms with Crippen LogP contribution in [0.2, 0.25) is 0 Å². The fourth-order valence-electron chi connectivity index (χ4n) is 3.53. The Bertz CT molecular complexity index is 417. The summed E-state index contributed by atoms with van der Waals surface area (Å²) in [5, 5.41) is 0. The second-order valence-electron chi connectivity index (χ2n) is 6.55. The minimum Gasteiger partial charge on any atom is -0.373 e. The zero-order valence-electron chi connectivity index (χ0n) is 13.6. The van der Waals surface area contributed by atoms with Crippen molar-refractivity contribution in [3.05, 3.63) is 0 Å². The van der Waals surface area contributed by atoms with Gasteiger partial charge in [0.2, 0.25) is 10.0 Å². The van der Waals surface area contributed by atoms with Crippen LogP contribution < -0.4 is 0 Å². The van der Waals surface area contributed by atoms with E-state index in [4.69, 9.17) is 4.74 Å². The average Bonchev–Trinajstić information content (AvgIpc) is 2.84. The van der Waals surface area contributed by atoms with E-state index in [0.717, 1.165) is 45.3 Å². The van der Waals surface area contributed by atoms with Crippen molar-refractivity contribution >= 4 is 10.0 Å². The number of sulfonamides is 1. The molecule has 2 rings (SSSR count). The van der Waals surface area contributed by atoms with Crippen molar-refractivity contribution < 1.29 is 13.2 Å². The quantitative estimate of drug-likeness (QED) is 0.748. The Balaban J connectivity index is 1.95. The summed E-state index contributed by atoms with van der Waals surface area (Å²) in [4.78, 5) is 2.37. The van der Waals surface area contributed by atoms with Gasteiger partial charge in [0.25, 0.3) is 0 Å². The van der Waals surface area contributed by atoms with Crippen molar-refractivity contribution in [2.75, 3.05) is 31.9 Å². The molecule has 2 fully saturated rings. The second kappa shape index (κ2) is 7.40. The Hall–Kier alpha value is -0.170. The molecule has 0 bridgehead atoms. The molecule has 0 amide bonds. The van der Waals surface area contributed by atoms with E-state index < -0.39 is 10.0 Å². The van der Waals surface area contributed by atoms with Crippen LogP contribution in [0.5, 0.6) is 0 Å². The third-order valence-corrected chi connectivity index (χ3v) is 6.40. The zero-order chi connectivity index (χ0) is 15.5. The number of hydrogen-bond acceptors (Lipinski definition) is 4. The van der Waals surface area contributed by atoms with E-state index in [1.807, 2.05) is 6.92 Å². The molecule has 5 nitrogen and oxygen atoms in total. The number of morpholine rings is 1. The molecule has 124 valence electrons. The Morgan fingerprint density at radius 3 is 2.48 bits per heavy atom. The maximum atomic E-state index is 12.5. The van der Waals surface area contributed by atoms with Gasteiger partial charge in [-0.1, -0.05) is 13.3 Å². The topological polar surface area (TPSA) is 49.9 Å². The third-order valence-electron chi connectivity index (χ3n) is 4.40. The zero-order valence-corrected chi connectivity index (χ0v) is 14.4. The molecule has 6 heteroatoms. The molecule has 21 heavy (non-hydrogen) atoms. The smallest absolute Gasteiger partial charge is 0.214 e. The highest BCUT2D eigenvalue weighted by Gasteiger charge is 2.35. The number of ether oxygens (including phenoxy) is 1. The van der Waals surface area contributed by atoms with Crippen LogP contribution >= 0.6 is 0 Å². The highest BCUT2D eigenvalue weighted by molar-refractivity contribution is 7.89. The fraction of sp³-hybridized carbons (Fsp3) is 1.00. The number of hydrogen-bond donors (Lipinski definition) is 0. The van der Waals surface area contributed by atoms with Gasteiger partial charge < -0.3 is 4.74 Å². The molecule has 0 unspecified atom stereocenters. The lowest BCUT2D eigenvalue weighted by Gasteiger charge is -2.38. The Morgan fingerprint density at radius 2 is 1.86 bits per heavy atom. The van der Waals surface area contributed by atoms with Gasteiger partial charge in [-0.3, -0.25) is 4.90 Å². The van der Waals surface area contributed by atoms with Crippen LogP contribution in [0.15, 0.2) is 0 Å². The Morgan fingerprint density at radius 1 is 1.19 bits per heavy atom. The standard InChI is InChI=1S/C15H30N2O3S/c1-4-5-9-21(18,19)17-8-6-7-15(17)12-16-10-13(2)20-14(3)11-16/h13-15H,4-12H2,1-3H3/t13-,14-,15-/m1/s1. The van der Waals surface area contributed by atoms with E-state index in [9.17, 15) is 8.42 Å². The first-order chi connectivity index (χ1) is 9.92. The van der Waals surface area contributed by atoms with Gasteiger partial charge in [0.15, 0.2) is 0 Å². The van der Waals surface area contributed by atoms with E-state index in [1.54, 1.807) is 4.31 Å². The van der Waals surface area contributed by atoms with E-state index in [1.165, 1.54) is 0 Å². The fourth-order valence-corrected chi connectivity index (χ4v) is 5.45. The van der Waals surface area contributed by atoms with Gasteiger partial charge in [-0.15, -0.1) is 0 Å². The van der Waals surface area contributed by atoms with Crippen molar-refractivity contribution in [2.45, 2.75) is 64.7 Å². The van der Waals surface area contributed by atoms with Gasteiger partial charge in [0.05, 0.1) is 18.0 Å². The van der Waals surface area contributed by atoms with Gasteiger partial charge in [-0.2, -0.15) is 4.31 Å². The number of nitrogens with zero attached hydrogens (tertiary/aromatic N) is 2. The summed E-state index contributed by atoms with van der Waals surface area (Å²) in [7, 11) is -3.07. The van der Waals surface area contributed by atoms with Crippen molar-refractivity contribution in [3.63, 3.8) is 0 Å². The molecule has 2 aliphatic heterocycles. The van der Waals surface area contributed by atoms with E-state index in [-0.39, 0.29) is 18.2 Å². The Labute approximate surface area is 129 Å². The van der Waals surface area contributed by atoms with Crippen LogP contribution in [-0.2, 0) is 14.8 Å². The summed E-state index contributed by atoms with van der Waals surface area (Å²) in [6.45, 7) is 9.58. The predicted octanol–water partition coefficient (Wildman–Crippen LogP) is 1.69. The van der Waals surface area contributed by atoms with Crippen molar-refractivity contribution in [2.24, 2.45) is 0 Å². The SMILES string of the molecule is CCCCS(=O)(=O)N1CCC[C@@H]1CN1C[C@@H](C)O[C@H](C)C1. The maximum Gasteiger partial charge on any atom is 0.214 e. The van der Waals surface area contributed by atoms with Crippen LogP contribution in [0, 0.1) is 0 Å². The summed E-state index contributed by atoms with van der Waals surface area (Å²) >= 11 is 0. The van der Waals surface area contributed by atoms with Crippen LogP contribution in [-0.4, -0.2) is 67.8 Å². The van der Waals surface area contributed by atoms with Crippen LogP contribution in [0.1, 0.15) is 46.5 Å². The largest absolute Gasteiger partial charge is 0.373 e. The molecule has 0 N–H and O–H groups in total. The molecule has 0 aliphatic carbocycles. The molecule has 2 heterocycles. The highest BCUT2D eigenvalue weighted by atomic mass is 32.2. The molecule has 0 aromatic heterocycles. The first-order valence-electron chi connectivity index (χ1n) is 8.29. The van der Waals surface area contributed by atoms with E-state index in [0.29, 0.717) is 12.3 Å². The molecule has 0 aromatic rings. The molecular formula is C15H30N2O3S. The van der Waals surface area contributed by atoms with Gasteiger partial charge in [0, 0.05) is 32.2 Å². The van der Waals surface area contributed by atoms with Gasteiger partial charge >= 0.3 is 0 Å². The maximum absolute atomic E-state index is 12.5. The molecule has 0 aromatic carbocycles. The number of rotatable bonds is 6. The van der Waals surface area contributed by atoms with Crippen LogP contribution in [0.25, 0.3) is 0 Å². The highest BCUT2D eigenvalue weighted by Crippen LogP contribution is 2.24. The summed E-state index contributed by atoms with van der Waals surface area (Å²) in [6, 6.07) is 0.157. The predicted molar refractivity (Wildman–Crippen MR) is 84.9 cm³/mol. The second-order valence-corrected chi connectivity index (χ2v) is 8.59. The molecule has 2 saturated heterocycles. The molecule has 0 saturated carbocycles. The number of unbranched alkanes of at least 4 members (excludes halogenated alkanes) is 1. The molecule has 3 atom stereocenters. The minimum absolute atomic E-state index is 0.157. The van der Waals surface area contributed by atoms with Gasteiger partial charge in [0.1, 0.15) is 0 Å². The van der Waals surface area contributed by atoms with Gasteiger partial charge in [-0.05, 0) is 33.1 Å². The van der Waals surface area contributed by atoms with Crippen LogP contribution in [0.3, 0.4) is 0 Å². The van der Waals surface area contributed by atoms with Crippen molar-refractivity contribution in [1.29, 1.82) is 0 Å². The van der Waals surface area contributed by atoms with E-state index >= 15 is 0 Å². The molecular weight excluding hydrogens is 288 g/mol.